The molecule has 0 bridgehead atoms. The molecule has 0 aliphatic carbocycles. The maximum atomic E-state index is 14.0. The highest BCUT2D eigenvalue weighted by molar-refractivity contribution is 5.95. The number of methoxy groups -OCH3 is 2. The zero-order chi connectivity index (χ0) is 27.1. The summed E-state index contributed by atoms with van der Waals surface area (Å²) in [4.78, 5) is 34.5. The van der Waals surface area contributed by atoms with Crippen LogP contribution < -0.4 is 20.8 Å². The number of nitrogens with two attached hydrogens (primary N) is 1. The topological polar surface area (TPSA) is 99.2 Å². The molecule has 38 heavy (non-hydrogen) atoms. The number of ether oxygens (including phenoxy) is 2. The second kappa shape index (κ2) is 12.4. The zero-order valence-electron chi connectivity index (χ0n) is 22.1. The Kier molecular flexibility index (Phi) is 8.76. The Morgan fingerprint density at radius 1 is 1.03 bits per heavy atom. The van der Waals surface area contributed by atoms with Gasteiger partial charge in [0.15, 0.2) is 11.5 Å². The second-order valence-corrected chi connectivity index (χ2v) is 9.01. The van der Waals surface area contributed by atoms with Crippen molar-refractivity contribution in [3.05, 3.63) is 106 Å². The Morgan fingerprint density at radius 3 is 2.45 bits per heavy atom. The van der Waals surface area contributed by atoms with Gasteiger partial charge in [0.2, 0.25) is 0 Å². The maximum Gasteiger partial charge on any atom is 0.261 e. The monoisotopic (exact) mass is 514 g/mol. The summed E-state index contributed by atoms with van der Waals surface area (Å²) < 4.78 is 12.3. The van der Waals surface area contributed by atoms with Gasteiger partial charge in [0.25, 0.3) is 11.5 Å². The van der Waals surface area contributed by atoms with Crippen LogP contribution in [0, 0.1) is 0 Å². The third-order valence-corrected chi connectivity index (χ3v) is 6.66. The number of benzene rings is 2. The van der Waals surface area contributed by atoms with Crippen LogP contribution in [0.1, 0.15) is 53.0 Å². The summed E-state index contributed by atoms with van der Waals surface area (Å²) in [5, 5.41) is 0. The Hall–Kier alpha value is -4.17. The smallest absolute Gasteiger partial charge is 0.261 e. The molecular formula is C30H34N4O4. The minimum atomic E-state index is -0.432. The summed E-state index contributed by atoms with van der Waals surface area (Å²) in [5.41, 5.74) is 8.91. The van der Waals surface area contributed by atoms with E-state index in [9.17, 15) is 9.59 Å². The number of hydrogen-bond donors (Lipinski definition) is 1. The van der Waals surface area contributed by atoms with Gasteiger partial charge >= 0.3 is 0 Å². The lowest BCUT2D eigenvalue weighted by molar-refractivity contribution is 0.0663. The highest BCUT2D eigenvalue weighted by atomic mass is 16.5. The van der Waals surface area contributed by atoms with Crippen LogP contribution in [-0.4, -0.2) is 47.5 Å². The van der Waals surface area contributed by atoms with Gasteiger partial charge in [0.1, 0.15) is 5.65 Å². The van der Waals surface area contributed by atoms with Crippen molar-refractivity contribution in [2.45, 2.75) is 32.2 Å². The van der Waals surface area contributed by atoms with Crippen molar-refractivity contribution in [3.8, 4) is 11.5 Å². The second-order valence-electron chi connectivity index (χ2n) is 9.01. The summed E-state index contributed by atoms with van der Waals surface area (Å²) in [6, 6.07) is 20.0. The lowest BCUT2D eigenvalue weighted by Gasteiger charge is -2.32. The van der Waals surface area contributed by atoms with Gasteiger partial charge in [-0.1, -0.05) is 43.3 Å². The number of hydrogen-bond acceptors (Lipinski definition) is 6. The van der Waals surface area contributed by atoms with Gasteiger partial charge in [-0.2, -0.15) is 0 Å². The molecule has 8 nitrogen and oxygen atoms in total. The minimum absolute atomic E-state index is 0.134. The summed E-state index contributed by atoms with van der Waals surface area (Å²) in [6.07, 6.45) is 3.31. The largest absolute Gasteiger partial charge is 0.493 e. The predicted molar refractivity (Wildman–Crippen MR) is 148 cm³/mol. The SMILES string of the molecule is CCC(c1nc2ccccn2c(=O)c1Cc1ccccc1)N(CCCN)C(=O)c1ccc(OC)c(OC)c1. The number of rotatable bonds is 11. The van der Waals surface area contributed by atoms with Crippen molar-refractivity contribution in [1.29, 1.82) is 0 Å². The van der Waals surface area contributed by atoms with Gasteiger partial charge in [-0.15, -0.1) is 0 Å². The molecule has 2 aromatic carbocycles. The highest BCUT2D eigenvalue weighted by Gasteiger charge is 2.30. The summed E-state index contributed by atoms with van der Waals surface area (Å²) in [5.74, 6) is 0.822. The molecule has 1 unspecified atom stereocenters. The van der Waals surface area contributed by atoms with Crippen LogP contribution in [0.4, 0.5) is 0 Å². The Morgan fingerprint density at radius 2 is 1.76 bits per heavy atom. The van der Waals surface area contributed by atoms with Crippen LogP contribution in [0.5, 0.6) is 11.5 Å². The van der Waals surface area contributed by atoms with E-state index in [1.807, 2.05) is 55.5 Å². The van der Waals surface area contributed by atoms with E-state index in [-0.39, 0.29) is 11.5 Å². The lowest BCUT2D eigenvalue weighted by atomic mass is 9.97. The highest BCUT2D eigenvalue weighted by Crippen LogP contribution is 2.32. The molecule has 0 aliphatic heterocycles. The molecule has 4 aromatic rings. The summed E-state index contributed by atoms with van der Waals surface area (Å²) in [6.45, 7) is 2.85. The molecule has 198 valence electrons. The minimum Gasteiger partial charge on any atom is -0.493 e. The van der Waals surface area contributed by atoms with E-state index in [1.165, 1.54) is 7.11 Å². The number of nitrogens with zero attached hydrogens (tertiary/aromatic N) is 3. The van der Waals surface area contributed by atoms with E-state index in [0.29, 0.717) is 66.3 Å². The van der Waals surface area contributed by atoms with Gasteiger partial charge in [-0.3, -0.25) is 14.0 Å². The van der Waals surface area contributed by atoms with Crippen LogP contribution in [-0.2, 0) is 6.42 Å². The van der Waals surface area contributed by atoms with Gasteiger partial charge < -0.3 is 20.1 Å². The number of aromatic nitrogens is 2. The zero-order valence-corrected chi connectivity index (χ0v) is 22.1. The van der Waals surface area contributed by atoms with E-state index in [4.69, 9.17) is 20.2 Å². The van der Waals surface area contributed by atoms with E-state index in [0.717, 1.165) is 5.56 Å². The van der Waals surface area contributed by atoms with Gasteiger partial charge in [-0.25, -0.2) is 4.98 Å². The molecule has 8 heteroatoms. The first-order valence-corrected chi connectivity index (χ1v) is 12.8. The number of fused-ring (bicyclic) bond motifs is 1. The predicted octanol–water partition coefficient (Wildman–Crippen LogP) is 4.24. The first-order valence-electron chi connectivity index (χ1n) is 12.8. The van der Waals surface area contributed by atoms with Crippen LogP contribution >= 0.6 is 0 Å². The normalized spacial score (nSPS) is 11.8. The van der Waals surface area contributed by atoms with Gasteiger partial charge in [0, 0.05) is 30.3 Å². The molecule has 0 aliphatic rings. The van der Waals surface area contributed by atoms with Crippen molar-refractivity contribution < 1.29 is 14.3 Å². The number of amides is 1. The van der Waals surface area contributed by atoms with E-state index >= 15 is 0 Å². The molecule has 2 heterocycles. The first kappa shape index (κ1) is 26.9. The van der Waals surface area contributed by atoms with Crippen molar-refractivity contribution in [3.63, 3.8) is 0 Å². The van der Waals surface area contributed by atoms with Crippen LogP contribution in [0.15, 0.2) is 77.7 Å². The standard InChI is InChI=1S/C30H34N4O4/c1-4-24(33(18-10-16-31)29(35)22-14-15-25(37-2)26(20-22)38-3)28-23(19-21-11-6-5-7-12-21)30(36)34-17-9-8-13-27(34)32-28/h5-9,11-15,17,20,24H,4,10,16,18-19,31H2,1-3H3. The first-order chi connectivity index (χ1) is 18.5. The third kappa shape index (κ3) is 5.55. The van der Waals surface area contributed by atoms with Gasteiger partial charge in [0.05, 0.1) is 26.0 Å². The number of carbonyl (C=O) groups excluding carboxylic acids is 1. The Balaban J connectivity index is 1.86. The molecule has 0 saturated carbocycles. The lowest BCUT2D eigenvalue weighted by Crippen LogP contribution is -2.38. The van der Waals surface area contributed by atoms with E-state index in [1.54, 1.807) is 40.8 Å². The van der Waals surface area contributed by atoms with Crippen molar-refractivity contribution in [1.82, 2.24) is 14.3 Å². The fraction of sp³-hybridized carbons (Fsp3) is 0.300. The van der Waals surface area contributed by atoms with E-state index in [2.05, 4.69) is 0 Å². The molecule has 1 atom stereocenters. The van der Waals surface area contributed by atoms with Crippen molar-refractivity contribution in [2.75, 3.05) is 27.3 Å². The fourth-order valence-corrected chi connectivity index (χ4v) is 4.74. The average Bonchev–Trinajstić information content (AvgIpc) is 2.96. The van der Waals surface area contributed by atoms with Crippen LogP contribution in [0.2, 0.25) is 0 Å². The maximum absolute atomic E-state index is 14.0. The van der Waals surface area contributed by atoms with Crippen LogP contribution in [0.25, 0.3) is 5.65 Å². The Bertz CT molecular complexity index is 1450. The van der Waals surface area contributed by atoms with Crippen LogP contribution in [0.3, 0.4) is 0 Å². The molecule has 0 spiro atoms. The number of pyridine rings is 1. The average molecular weight is 515 g/mol. The van der Waals surface area contributed by atoms with Crippen molar-refractivity contribution >= 4 is 11.6 Å². The molecular weight excluding hydrogens is 480 g/mol. The molecule has 4 rings (SSSR count). The fourth-order valence-electron chi connectivity index (χ4n) is 4.74. The Labute approximate surface area is 222 Å². The van der Waals surface area contributed by atoms with E-state index < -0.39 is 6.04 Å². The molecule has 0 saturated heterocycles. The van der Waals surface area contributed by atoms with Crippen molar-refractivity contribution in [2.24, 2.45) is 5.73 Å². The molecule has 0 radical (unpaired) electrons. The molecule has 2 aromatic heterocycles. The number of carbonyl (C=O) groups is 1. The quantitative estimate of drug-likeness (QED) is 0.321. The third-order valence-electron chi connectivity index (χ3n) is 6.66. The molecule has 1 amide bonds. The molecule has 0 fully saturated rings. The summed E-state index contributed by atoms with van der Waals surface area (Å²) >= 11 is 0. The summed E-state index contributed by atoms with van der Waals surface area (Å²) in [7, 11) is 3.09. The van der Waals surface area contributed by atoms with Gasteiger partial charge in [-0.05, 0) is 55.3 Å². The molecule has 2 N–H and O–H groups in total.